The Balaban J connectivity index is 1.38. The summed E-state index contributed by atoms with van der Waals surface area (Å²) in [4.78, 5) is 19.7. The van der Waals surface area contributed by atoms with E-state index in [9.17, 15) is 27.8 Å². The molecule has 0 aromatic heterocycles. The maximum Gasteiger partial charge on any atom is 0.252 e. The minimum absolute atomic E-state index is 0.135. The highest BCUT2D eigenvalue weighted by Gasteiger charge is 2.34. The summed E-state index contributed by atoms with van der Waals surface area (Å²) in [7, 11) is -4.47. The number of carbonyl (C=O) groups excluding carboxylic acids is 1. The van der Waals surface area contributed by atoms with Gasteiger partial charge in [-0.3, -0.25) is 4.79 Å². The predicted octanol–water partition coefficient (Wildman–Crippen LogP) is 3.99. The molecular formula is C32H32ClFN4O6S2. The van der Waals surface area contributed by atoms with Gasteiger partial charge in [0.2, 0.25) is 0 Å². The van der Waals surface area contributed by atoms with Crippen LogP contribution in [-0.2, 0) is 27.8 Å². The largest absolute Gasteiger partial charge is 0.487 e. The van der Waals surface area contributed by atoms with Crippen LogP contribution in [0.5, 0.6) is 5.75 Å². The number of hydrogen-bond acceptors (Lipinski definition) is 9. The number of rotatable bonds is 13. The molecule has 3 atom stereocenters. The lowest BCUT2D eigenvalue weighted by molar-refractivity contribution is -0.132. The quantitative estimate of drug-likeness (QED) is 0.198. The summed E-state index contributed by atoms with van der Waals surface area (Å²) in [6.07, 6.45) is 2.62. The summed E-state index contributed by atoms with van der Waals surface area (Å²) in [6, 6.07) is 20.8. The molecule has 0 radical (unpaired) electrons. The molecule has 3 aromatic carbocycles. The molecular weight excluding hydrogens is 655 g/mol. The first-order valence-corrected chi connectivity index (χ1v) is 17.9. The van der Waals surface area contributed by atoms with Gasteiger partial charge in [-0.15, -0.1) is 10.5 Å². The number of amides is 1. The van der Waals surface area contributed by atoms with Crippen LogP contribution < -0.4 is 15.4 Å². The van der Waals surface area contributed by atoms with E-state index in [1.54, 1.807) is 48.2 Å². The van der Waals surface area contributed by atoms with Crippen molar-refractivity contribution in [3.63, 3.8) is 0 Å². The van der Waals surface area contributed by atoms with E-state index in [1.807, 2.05) is 35.2 Å². The maximum absolute atomic E-state index is 13.5. The molecule has 0 saturated carbocycles. The maximum atomic E-state index is 13.5. The highest BCUT2D eigenvalue weighted by atomic mass is 35.5. The Bertz CT molecular complexity index is 1850. The predicted molar refractivity (Wildman–Crippen MR) is 180 cm³/mol. The lowest BCUT2D eigenvalue weighted by atomic mass is 10.1. The third-order valence-electron chi connectivity index (χ3n) is 6.92. The Labute approximate surface area is 273 Å². The van der Waals surface area contributed by atoms with Crippen molar-refractivity contribution in [2.75, 3.05) is 23.9 Å². The van der Waals surface area contributed by atoms with Gasteiger partial charge in [-0.05, 0) is 52.9 Å². The molecule has 10 nitrogen and oxygen atoms in total. The Kier molecular flexibility index (Phi) is 10.6. The second kappa shape index (κ2) is 14.6. The Morgan fingerprint density at radius 3 is 2.57 bits per heavy atom. The second-order valence-electron chi connectivity index (χ2n) is 10.5. The fourth-order valence-electron chi connectivity index (χ4n) is 4.66. The van der Waals surface area contributed by atoms with E-state index < -0.39 is 37.8 Å². The monoisotopic (exact) mass is 686 g/mol. The SMILES string of the molecule is CS(=O)(=O)CCNC(=O)C(O)C(O)S1=C2C(=C(Nc3ccc(OCc4cccc(F)c4)c(Cl)c3)N=CN2Cc2ccccc2)C=C1. The average Bonchev–Trinajstić information content (AvgIpc) is 3.47. The van der Waals surface area contributed by atoms with Crippen molar-refractivity contribution >= 4 is 54.8 Å². The van der Waals surface area contributed by atoms with E-state index in [0.717, 1.165) is 11.8 Å². The number of nitrogens with zero attached hydrogens (tertiary/aromatic N) is 2. The number of hydrogen-bond donors (Lipinski definition) is 4. The van der Waals surface area contributed by atoms with Gasteiger partial charge in [-0.2, -0.15) is 0 Å². The number of sulfone groups is 1. The summed E-state index contributed by atoms with van der Waals surface area (Å²) in [6.45, 7) is 0.357. The smallest absolute Gasteiger partial charge is 0.252 e. The van der Waals surface area contributed by atoms with Gasteiger partial charge in [0.25, 0.3) is 5.91 Å². The zero-order valence-electron chi connectivity index (χ0n) is 24.6. The van der Waals surface area contributed by atoms with Crippen molar-refractivity contribution < 1.29 is 32.6 Å². The van der Waals surface area contributed by atoms with Crippen molar-refractivity contribution in [2.45, 2.75) is 24.7 Å². The van der Waals surface area contributed by atoms with Crippen molar-refractivity contribution in [1.29, 1.82) is 0 Å². The van der Waals surface area contributed by atoms with Gasteiger partial charge < -0.3 is 30.5 Å². The molecule has 0 fully saturated rings. The number of carbonyl (C=O) groups is 1. The summed E-state index contributed by atoms with van der Waals surface area (Å²) in [5.41, 5.74) is 1.36. The van der Waals surface area contributed by atoms with Crippen LogP contribution in [0.15, 0.2) is 101 Å². The van der Waals surface area contributed by atoms with Gasteiger partial charge in [-0.25, -0.2) is 17.8 Å². The van der Waals surface area contributed by atoms with Crippen molar-refractivity contribution in [2.24, 2.45) is 4.99 Å². The molecule has 2 aliphatic heterocycles. The Morgan fingerprint density at radius 1 is 1.09 bits per heavy atom. The first kappa shape index (κ1) is 33.4. The number of aliphatic hydroxyl groups is 2. The number of halogens is 2. The topological polar surface area (TPSA) is 141 Å². The van der Waals surface area contributed by atoms with Gasteiger partial charge in [0, 0.05) is 30.6 Å². The fourth-order valence-corrected chi connectivity index (χ4v) is 7.38. The Hall–Kier alpha value is -4.01. The minimum Gasteiger partial charge on any atom is -0.487 e. The Morgan fingerprint density at radius 2 is 1.85 bits per heavy atom. The molecule has 0 bridgehead atoms. The van der Waals surface area contributed by atoms with Gasteiger partial charge >= 0.3 is 0 Å². The number of aliphatic hydroxyl groups excluding tert-OH is 2. The second-order valence-corrected chi connectivity index (χ2v) is 15.1. The fraction of sp³-hybridized carbons (Fsp3) is 0.219. The zero-order chi connectivity index (χ0) is 32.8. The summed E-state index contributed by atoms with van der Waals surface area (Å²) < 4.78 is 42.2. The standard InChI is InChI=1S/C32H32ClFN4O6S2/c1-46(42,43)15-13-35-30(40)28(39)32(41)45-14-12-25-29(36-20-38(31(25)45)18-21-6-3-2-4-7-21)37-24-10-11-27(26(33)17-24)44-19-22-8-5-9-23(34)16-22/h2-12,14,16-17,20,28,32,37,39,41H,13,15,18-19H2,1H3,(H,35,40). The van der Waals surface area contributed by atoms with Crippen molar-refractivity contribution in [3.8, 4) is 5.75 Å². The van der Waals surface area contributed by atoms with Crippen LogP contribution in [0.2, 0.25) is 5.02 Å². The third-order valence-corrected chi connectivity index (χ3v) is 10.3. The summed E-state index contributed by atoms with van der Waals surface area (Å²) in [5.74, 6) is -0.655. The lowest BCUT2D eigenvalue weighted by Crippen LogP contribution is -2.43. The van der Waals surface area contributed by atoms with E-state index in [0.29, 0.717) is 45.0 Å². The molecule has 3 aromatic rings. The normalized spacial score (nSPS) is 17.1. The highest BCUT2D eigenvalue weighted by Crippen LogP contribution is 2.39. The van der Waals surface area contributed by atoms with Gasteiger partial charge in [0.15, 0.2) is 6.10 Å². The van der Waals surface area contributed by atoms with Gasteiger partial charge in [0.05, 0.1) is 22.1 Å². The zero-order valence-corrected chi connectivity index (χ0v) is 27.0. The average molecular weight is 687 g/mol. The lowest BCUT2D eigenvalue weighted by Gasteiger charge is -2.30. The number of anilines is 1. The van der Waals surface area contributed by atoms with Crippen molar-refractivity contribution in [3.05, 3.63) is 118 Å². The molecule has 2 aliphatic rings. The van der Waals surface area contributed by atoms with E-state index in [1.165, 1.54) is 12.1 Å². The van der Waals surface area contributed by atoms with E-state index >= 15 is 0 Å². The van der Waals surface area contributed by atoms with Crippen LogP contribution in [-0.4, -0.2) is 70.9 Å². The van der Waals surface area contributed by atoms with E-state index in [2.05, 4.69) is 15.6 Å². The number of nitrogens with one attached hydrogen (secondary N) is 2. The number of benzene rings is 3. The van der Waals surface area contributed by atoms with Crippen LogP contribution in [0.1, 0.15) is 11.1 Å². The van der Waals surface area contributed by atoms with Crippen LogP contribution in [0.4, 0.5) is 10.1 Å². The molecule has 242 valence electrons. The molecule has 0 saturated heterocycles. The number of aliphatic imine (C=N–C) groups is 1. The van der Waals surface area contributed by atoms with E-state index in [4.69, 9.17) is 16.3 Å². The van der Waals surface area contributed by atoms with Crippen LogP contribution in [0.25, 0.3) is 0 Å². The molecule has 3 unspecified atom stereocenters. The van der Waals surface area contributed by atoms with Crippen LogP contribution in [0, 0.1) is 5.82 Å². The molecule has 4 N–H and O–H groups in total. The highest BCUT2D eigenvalue weighted by molar-refractivity contribution is 8.19. The molecule has 0 aliphatic carbocycles. The van der Waals surface area contributed by atoms with Gasteiger partial charge in [-0.1, -0.05) is 54.1 Å². The van der Waals surface area contributed by atoms with Gasteiger partial charge in [0.1, 0.15) is 39.3 Å². The number of fused-ring (bicyclic) bond motifs is 1. The van der Waals surface area contributed by atoms with Crippen LogP contribution >= 0.6 is 22.1 Å². The third kappa shape index (κ3) is 8.42. The first-order valence-electron chi connectivity index (χ1n) is 14.1. The molecule has 5 rings (SSSR count). The first-order chi connectivity index (χ1) is 22.0. The molecule has 14 heteroatoms. The van der Waals surface area contributed by atoms with E-state index in [-0.39, 0.29) is 24.7 Å². The summed E-state index contributed by atoms with van der Waals surface area (Å²) in [5, 5.41) is 29.6. The molecule has 0 spiro atoms. The number of ether oxygens (including phenoxy) is 1. The summed E-state index contributed by atoms with van der Waals surface area (Å²) >= 11 is 6.51. The minimum atomic E-state index is -3.32. The molecule has 46 heavy (non-hydrogen) atoms. The van der Waals surface area contributed by atoms with Crippen LogP contribution in [0.3, 0.4) is 0 Å². The molecule has 2 heterocycles. The van der Waals surface area contributed by atoms with Crippen molar-refractivity contribution in [1.82, 2.24) is 10.2 Å². The molecule has 1 amide bonds.